The van der Waals surface area contributed by atoms with Crippen molar-refractivity contribution < 1.29 is 9.47 Å². The predicted octanol–water partition coefficient (Wildman–Crippen LogP) is 3.44. The average Bonchev–Trinajstić information content (AvgIpc) is 2.46. The van der Waals surface area contributed by atoms with Crippen LogP contribution in [0.2, 0.25) is 0 Å². The van der Waals surface area contributed by atoms with Crippen LogP contribution in [0, 0.1) is 0 Å². The van der Waals surface area contributed by atoms with Crippen LogP contribution in [0.4, 0.5) is 5.69 Å². The van der Waals surface area contributed by atoms with Gasteiger partial charge in [0.1, 0.15) is 11.5 Å². The van der Waals surface area contributed by atoms with Crippen molar-refractivity contribution in [2.75, 3.05) is 33.2 Å². The maximum absolute atomic E-state index is 5.49. The average molecular weight is 257 g/mol. The number of nitrogens with zero attached hydrogens (tertiary/aromatic N) is 1. The minimum Gasteiger partial charge on any atom is -0.497 e. The van der Waals surface area contributed by atoms with E-state index in [9.17, 15) is 0 Å². The third kappa shape index (κ3) is 2.65. The number of hydrogen-bond acceptors (Lipinski definition) is 3. The Labute approximate surface area is 114 Å². The van der Waals surface area contributed by atoms with E-state index < -0.39 is 0 Å². The summed E-state index contributed by atoms with van der Waals surface area (Å²) in [6.07, 6.45) is 0. The van der Waals surface area contributed by atoms with Crippen molar-refractivity contribution in [3.8, 4) is 22.6 Å². The number of hydrogen-bond donors (Lipinski definition) is 0. The molecule has 0 aliphatic heterocycles. The summed E-state index contributed by atoms with van der Waals surface area (Å²) in [5.41, 5.74) is 3.34. The lowest BCUT2D eigenvalue weighted by molar-refractivity contribution is 0.414. The molecular formula is C16H19NO2. The molecule has 0 radical (unpaired) electrons. The van der Waals surface area contributed by atoms with Gasteiger partial charge in [-0.05, 0) is 29.8 Å². The first kappa shape index (κ1) is 13.3. The molecule has 2 rings (SSSR count). The minimum absolute atomic E-state index is 0.852. The lowest BCUT2D eigenvalue weighted by Crippen LogP contribution is -2.10. The monoisotopic (exact) mass is 257 g/mol. The zero-order chi connectivity index (χ0) is 13.8. The number of rotatable bonds is 4. The number of anilines is 1. The van der Waals surface area contributed by atoms with E-state index >= 15 is 0 Å². The molecule has 0 atom stereocenters. The Balaban J connectivity index is 2.57. The molecule has 100 valence electrons. The van der Waals surface area contributed by atoms with E-state index in [0.29, 0.717) is 0 Å². The van der Waals surface area contributed by atoms with Crippen molar-refractivity contribution in [3.63, 3.8) is 0 Å². The molecule has 0 amide bonds. The number of ether oxygens (including phenoxy) is 2. The van der Waals surface area contributed by atoms with Crippen LogP contribution in [0.15, 0.2) is 42.5 Å². The molecule has 0 N–H and O–H groups in total. The predicted molar refractivity (Wildman–Crippen MR) is 79.3 cm³/mol. The molecule has 0 saturated heterocycles. The summed E-state index contributed by atoms with van der Waals surface area (Å²) in [6, 6.07) is 14.1. The first-order chi connectivity index (χ1) is 9.17. The van der Waals surface area contributed by atoms with Gasteiger partial charge in [-0.2, -0.15) is 0 Å². The van der Waals surface area contributed by atoms with Crippen LogP contribution in [0.25, 0.3) is 11.1 Å². The minimum atomic E-state index is 0.852. The summed E-state index contributed by atoms with van der Waals surface area (Å²) in [5.74, 6) is 1.72. The second-order valence-corrected chi connectivity index (χ2v) is 4.48. The van der Waals surface area contributed by atoms with E-state index in [4.69, 9.17) is 9.47 Å². The van der Waals surface area contributed by atoms with Gasteiger partial charge in [0.2, 0.25) is 0 Å². The number of methoxy groups -OCH3 is 2. The highest BCUT2D eigenvalue weighted by Gasteiger charge is 2.12. The Bertz CT molecular complexity index is 547. The van der Waals surface area contributed by atoms with Crippen LogP contribution >= 0.6 is 0 Å². The summed E-state index contributed by atoms with van der Waals surface area (Å²) in [5, 5.41) is 0. The van der Waals surface area contributed by atoms with E-state index in [2.05, 4.69) is 11.0 Å². The molecule has 3 heteroatoms. The van der Waals surface area contributed by atoms with Gasteiger partial charge in [-0.1, -0.05) is 18.2 Å². The third-order valence-electron chi connectivity index (χ3n) is 3.08. The van der Waals surface area contributed by atoms with Gasteiger partial charge < -0.3 is 14.4 Å². The molecule has 0 fully saturated rings. The zero-order valence-electron chi connectivity index (χ0n) is 11.8. The van der Waals surface area contributed by atoms with Crippen LogP contribution in [-0.2, 0) is 0 Å². The topological polar surface area (TPSA) is 21.7 Å². The lowest BCUT2D eigenvalue weighted by Gasteiger charge is -2.20. The van der Waals surface area contributed by atoms with E-state index in [-0.39, 0.29) is 0 Å². The first-order valence-corrected chi connectivity index (χ1v) is 6.16. The van der Waals surface area contributed by atoms with Crippen molar-refractivity contribution in [3.05, 3.63) is 42.5 Å². The van der Waals surface area contributed by atoms with Crippen molar-refractivity contribution in [2.24, 2.45) is 0 Å². The molecule has 0 aromatic heterocycles. The van der Waals surface area contributed by atoms with Gasteiger partial charge in [0.15, 0.2) is 0 Å². The number of benzene rings is 2. The van der Waals surface area contributed by atoms with Gasteiger partial charge >= 0.3 is 0 Å². The van der Waals surface area contributed by atoms with E-state index in [1.54, 1.807) is 14.2 Å². The quantitative estimate of drug-likeness (QED) is 0.837. The van der Waals surface area contributed by atoms with Crippen molar-refractivity contribution in [1.29, 1.82) is 0 Å². The third-order valence-corrected chi connectivity index (χ3v) is 3.08. The van der Waals surface area contributed by atoms with Crippen molar-refractivity contribution in [1.82, 2.24) is 0 Å². The van der Waals surface area contributed by atoms with Crippen LogP contribution in [0.5, 0.6) is 11.5 Å². The molecule has 19 heavy (non-hydrogen) atoms. The Kier molecular flexibility index (Phi) is 3.95. The van der Waals surface area contributed by atoms with Crippen LogP contribution in [-0.4, -0.2) is 28.3 Å². The summed E-state index contributed by atoms with van der Waals surface area (Å²) in [6.45, 7) is 0. The maximum atomic E-state index is 5.49. The molecule has 0 spiro atoms. The molecule has 0 aliphatic carbocycles. The smallest absolute Gasteiger partial charge is 0.128 e. The van der Waals surface area contributed by atoms with Gasteiger partial charge in [-0.25, -0.2) is 0 Å². The Morgan fingerprint density at radius 3 is 2.05 bits per heavy atom. The van der Waals surface area contributed by atoms with Gasteiger partial charge in [-0.15, -0.1) is 0 Å². The fraction of sp³-hybridized carbons (Fsp3) is 0.250. The molecule has 0 unspecified atom stereocenters. The van der Waals surface area contributed by atoms with E-state index in [0.717, 1.165) is 28.3 Å². The van der Waals surface area contributed by atoms with Gasteiger partial charge in [0, 0.05) is 25.3 Å². The molecule has 3 nitrogen and oxygen atoms in total. The van der Waals surface area contributed by atoms with Gasteiger partial charge in [0.25, 0.3) is 0 Å². The highest BCUT2D eigenvalue weighted by Crippen LogP contribution is 2.38. The fourth-order valence-corrected chi connectivity index (χ4v) is 2.11. The Hall–Kier alpha value is -2.16. The Morgan fingerprint density at radius 1 is 0.842 bits per heavy atom. The summed E-state index contributed by atoms with van der Waals surface area (Å²) in [7, 11) is 7.43. The lowest BCUT2D eigenvalue weighted by atomic mass is 10.0. The van der Waals surface area contributed by atoms with Crippen LogP contribution in [0.3, 0.4) is 0 Å². The summed E-state index contributed by atoms with van der Waals surface area (Å²) >= 11 is 0. The second kappa shape index (κ2) is 5.65. The van der Waals surface area contributed by atoms with E-state index in [1.165, 1.54) is 0 Å². The molecule has 0 saturated carbocycles. The van der Waals surface area contributed by atoms with Gasteiger partial charge in [0.05, 0.1) is 14.2 Å². The highest BCUT2D eigenvalue weighted by atomic mass is 16.5. The van der Waals surface area contributed by atoms with E-state index in [1.807, 2.05) is 50.5 Å². The second-order valence-electron chi connectivity index (χ2n) is 4.48. The Morgan fingerprint density at radius 2 is 1.53 bits per heavy atom. The first-order valence-electron chi connectivity index (χ1n) is 6.16. The molecule has 0 heterocycles. The van der Waals surface area contributed by atoms with Crippen molar-refractivity contribution in [2.45, 2.75) is 0 Å². The summed E-state index contributed by atoms with van der Waals surface area (Å²) < 4.78 is 10.7. The van der Waals surface area contributed by atoms with Crippen LogP contribution in [0.1, 0.15) is 0 Å². The normalized spacial score (nSPS) is 10.1. The largest absolute Gasteiger partial charge is 0.497 e. The van der Waals surface area contributed by atoms with Gasteiger partial charge in [-0.3, -0.25) is 0 Å². The molecule has 2 aromatic carbocycles. The zero-order valence-corrected chi connectivity index (χ0v) is 11.8. The van der Waals surface area contributed by atoms with Crippen LogP contribution < -0.4 is 14.4 Å². The standard InChI is InChI=1S/C16H19NO2/c1-17(2)14-6-5-7-15(19-4)16(14)12-8-10-13(18-3)11-9-12/h5-11H,1-4H3. The fourth-order valence-electron chi connectivity index (χ4n) is 2.11. The molecule has 0 aliphatic rings. The SMILES string of the molecule is COc1ccc(-c2c(OC)cccc2N(C)C)cc1. The maximum Gasteiger partial charge on any atom is 0.128 e. The molecule has 2 aromatic rings. The summed E-state index contributed by atoms with van der Waals surface area (Å²) in [4.78, 5) is 2.09. The molecule has 0 bridgehead atoms. The highest BCUT2D eigenvalue weighted by molar-refractivity contribution is 5.83. The van der Waals surface area contributed by atoms with Crippen molar-refractivity contribution >= 4 is 5.69 Å². The molecular weight excluding hydrogens is 238 g/mol.